The highest BCUT2D eigenvalue weighted by Crippen LogP contribution is 2.39. The van der Waals surface area contributed by atoms with Gasteiger partial charge in [-0.1, -0.05) is 53.2 Å². The van der Waals surface area contributed by atoms with Gasteiger partial charge in [0.1, 0.15) is 17.5 Å². The molecule has 0 saturated carbocycles. The molecule has 1 aliphatic rings. The van der Waals surface area contributed by atoms with Crippen molar-refractivity contribution < 1.29 is 4.42 Å². The molecule has 3 aromatic heterocycles. The van der Waals surface area contributed by atoms with Crippen LogP contribution in [0.25, 0.3) is 16.9 Å². The first-order valence-electron chi connectivity index (χ1n) is 11.1. The molecule has 0 N–H and O–H groups in total. The molecule has 0 fully saturated rings. The lowest BCUT2D eigenvalue weighted by molar-refractivity contribution is 0.465. The lowest BCUT2D eigenvalue weighted by Crippen LogP contribution is -2.17. The third-order valence-electron chi connectivity index (χ3n) is 5.99. The molecule has 0 spiro atoms. The molecule has 0 radical (unpaired) electrons. The van der Waals surface area contributed by atoms with Crippen LogP contribution in [0.5, 0.6) is 0 Å². The molecule has 8 heteroatoms. The van der Waals surface area contributed by atoms with Crippen molar-refractivity contribution in [2.75, 3.05) is 5.01 Å². The zero-order chi connectivity index (χ0) is 23.1. The Morgan fingerprint density at radius 3 is 2.56 bits per heavy atom. The zero-order valence-corrected chi connectivity index (χ0v) is 19.6. The van der Waals surface area contributed by atoms with Gasteiger partial charge in [-0.2, -0.15) is 5.10 Å². The SMILES string of the molecule is Cc1ccc(-n2nnc(C3=NN(c4nc(-c5ccccc5)cs4)C(c4ccco4)C3)c2C)cc1. The fourth-order valence-electron chi connectivity index (χ4n) is 4.17. The number of nitrogens with zero attached hydrogens (tertiary/aromatic N) is 6. The normalized spacial score (nSPS) is 15.6. The Balaban J connectivity index is 1.37. The van der Waals surface area contributed by atoms with Crippen LogP contribution in [-0.2, 0) is 0 Å². The maximum atomic E-state index is 5.78. The van der Waals surface area contributed by atoms with Gasteiger partial charge < -0.3 is 4.42 Å². The molecule has 2 aromatic carbocycles. The number of thiazole rings is 1. The highest BCUT2D eigenvalue weighted by atomic mass is 32.1. The largest absolute Gasteiger partial charge is 0.467 e. The predicted octanol–water partition coefficient (Wildman–Crippen LogP) is 5.96. The monoisotopic (exact) mass is 466 g/mol. The second-order valence-corrected chi connectivity index (χ2v) is 9.12. The van der Waals surface area contributed by atoms with E-state index in [0.29, 0.717) is 6.42 Å². The van der Waals surface area contributed by atoms with Crippen molar-refractivity contribution in [3.63, 3.8) is 0 Å². The number of benzene rings is 2. The van der Waals surface area contributed by atoms with Gasteiger partial charge in [0.25, 0.3) is 0 Å². The summed E-state index contributed by atoms with van der Waals surface area (Å²) in [6, 6.07) is 22.2. The Labute approximate surface area is 201 Å². The average Bonchev–Trinajstić information content (AvgIpc) is 3.65. The van der Waals surface area contributed by atoms with Gasteiger partial charge >= 0.3 is 0 Å². The van der Waals surface area contributed by atoms with Gasteiger partial charge in [0.05, 0.1) is 29.1 Å². The van der Waals surface area contributed by atoms with Gasteiger partial charge in [0.15, 0.2) is 0 Å². The molecule has 6 rings (SSSR count). The number of hydrogen-bond acceptors (Lipinski definition) is 7. The van der Waals surface area contributed by atoms with Crippen LogP contribution in [0.3, 0.4) is 0 Å². The molecular weight excluding hydrogens is 444 g/mol. The first-order valence-corrected chi connectivity index (χ1v) is 12.0. The van der Waals surface area contributed by atoms with Crippen LogP contribution in [0.1, 0.15) is 35.2 Å². The average molecular weight is 467 g/mol. The quantitative estimate of drug-likeness (QED) is 0.320. The summed E-state index contributed by atoms with van der Waals surface area (Å²) in [6.07, 6.45) is 2.35. The van der Waals surface area contributed by atoms with E-state index in [9.17, 15) is 0 Å². The van der Waals surface area contributed by atoms with Crippen LogP contribution >= 0.6 is 11.3 Å². The highest BCUT2D eigenvalue weighted by Gasteiger charge is 2.35. The van der Waals surface area contributed by atoms with Crippen molar-refractivity contribution >= 4 is 22.2 Å². The van der Waals surface area contributed by atoms with E-state index in [1.165, 1.54) is 5.56 Å². The van der Waals surface area contributed by atoms with Crippen molar-refractivity contribution in [1.29, 1.82) is 0 Å². The second-order valence-electron chi connectivity index (χ2n) is 8.28. The number of hydrogen-bond donors (Lipinski definition) is 0. The van der Waals surface area contributed by atoms with Gasteiger partial charge in [-0.15, -0.1) is 16.4 Å². The minimum atomic E-state index is -0.0938. The van der Waals surface area contributed by atoms with E-state index in [1.807, 2.05) is 46.9 Å². The molecule has 0 saturated heterocycles. The summed E-state index contributed by atoms with van der Waals surface area (Å²) >= 11 is 1.57. The summed E-state index contributed by atoms with van der Waals surface area (Å²) in [5.41, 5.74) is 6.81. The summed E-state index contributed by atoms with van der Waals surface area (Å²) < 4.78 is 7.64. The van der Waals surface area contributed by atoms with Crippen molar-refractivity contribution in [1.82, 2.24) is 20.0 Å². The van der Waals surface area contributed by atoms with Crippen LogP contribution in [0.2, 0.25) is 0 Å². The van der Waals surface area contributed by atoms with Crippen LogP contribution in [0.15, 0.2) is 87.9 Å². The van der Waals surface area contributed by atoms with E-state index in [-0.39, 0.29) is 6.04 Å². The molecular formula is C26H22N6OS. The Morgan fingerprint density at radius 1 is 0.971 bits per heavy atom. The summed E-state index contributed by atoms with van der Waals surface area (Å²) in [5.74, 6) is 0.846. The standard InChI is InChI=1S/C26H22N6OS/c1-17-10-12-20(13-11-17)31-18(2)25(28-30-31)21-15-23(24-9-6-14-33-24)32(29-21)26-27-22(16-34-26)19-7-4-3-5-8-19/h3-14,16,23H,15H2,1-2H3. The van der Waals surface area contributed by atoms with E-state index < -0.39 is 0 Å². The summed E-state index contributed by atoms with van der Waals surface area (Å²) in [5, 5.41) is 18.7. The minimum Gasteiger partial charge on any atom is -0.467 e. The topological polar surface area (TPSA) is 72.3 Å². The summed E-state index contributed by atoms with van der Waals surface area (Å²) in [6.45, 7) is 4.10. The van der Waals surface area contributed by atoms with E-state index in [2.05, 4.69) is 59.0 Å². The first-order chi connectivity index (χ1) is 16.7. The number of aryl methyl sites for hydroxylation is 1. The number of aromatic nitrogens is 4. The molecule has 4 heterocycles. The van der Waals surface area contributed by atoms with Crippen LogP contribution in [0.4, 0.5) is 5.13 Å². The summed E-state index contributed by atoms with van der Waals surface area (Å²) in [4.78, 5) is 4.89. The van der Waals surface area contributed by atoms with Crippen molar-refractivity contribution in [2.45, 2.75) is 26.3 Å². The zero-order valence-electron chi connectivity index (χ0n) is 18.8. The van der Waals surface area contributed by atoms with Gasteiger partial charge in [0, 0.05) is 17.4 Å². The van der Waals surface area contributed by atoms with Crippen LogP contribution in [0, 0.1) is 13.8 Å². The third-order valence-corrected chi connectivity index (χ3v) is 6.82. The van der Waals surface area contributed by atoms with Gasteiger partial charge in [-0.05, 0) is 38.1 Å². The molecule has 0 aliphatic carbocycles. The number of rotatable bonds is 5. The van der Waals surface area contributed by atoms with Crippen LogP contribution < -0.4 is 5.01 Å². The van der Waals surface area contributed by atoms with E-state index in [1.54, 1.807) is 17.6 Å². The smallest absolute Gasteiger partial charge is 0.207 e. The number of anilines is 1. The van der Waals surface area contributed by atoms with E-state index in [0.717, 1.165) is 44.9 Å². The molecule has 0 amide bonds. The van der Waals surface area contributed by atoms with E-state index >= 15 is 0 Å². The molecule has 5 aromatic rings. The molecule has 168 valence electrons. The summed E-state index contributed by atoms with van der Waals surface area (Å²) in [7, 11) is 0. The maximum absolute atomic E-state index is 5.78. The lowest BCUT2D eigenvalue weighted by Gasteiger charge is -2.18. The van der Waals surface area contributed by atoms with Crippen molar-refractivity contribution in [3.8, 4) is 16.9 Å². The first kappa shape index (κ1) is 20.6. The van der Waals surface area contributed by atoms with Crippen molar-refractivity contribution in [3.05, 3.63) is 101 Å². The number of furan rings is 1. The van der Waals surface area contributed by atoms with E-state index in [4.69, 9.17) is 14.5 Å². The fraction of sp³-hybridized carbons (Fsp3) is 0.154. The fourth-order valence-corrected chi connectivity index (χ4v) is 5.00. The Kier molecular flexibility index (Phi) is 5.07. The Hall–Kier alpha value is -4.04. The Morgan fingerprint density at radius 2 is 1.79 bits per heavy atom. The second kappa shape index (κ2) is 8.39. The molecule has 1 aliphatic heterocycles. The van der Waals surface area contributed by atoms with Gasteiger partial charge in [-0.25, -0.2) is 14.7 Å². The maximum Gasteiger partial charge on any atom is 0.207 e. The Bertz CT molecular complexity index is 1450. The molecule has 34 heavy (non-hydrogen) atoms. The third kappa shape index (κ3) is 3.62. The lowest BCUT2D eigenvalue weighted by atomic mass is 10.1. The number of hydrazone groups is 1. The van der Waals surface area contributed by atoms with Crippen molar-refractivity contribution in [2.24, 2.45) is 5.10 Å². The predicted molar refractivity (Wildman–Crippen MR) is 133 cm³/mol. The molecule has 1 unspecified atom stereocenters. The molecule has 7 nitrogen and oxygen atoms in total. The molecule has 1 atom stereocenters. The highest BCUT2D eigenvalue weighted by molar-refractivity contribution is 7.14. The van der Waals surface area contributed by atoms with Gasteiger partial charge in [0.2, 0.25) is 5.13 Å². The van der Waals surface area contributed by atoms with Crippen LogP contribution in [-0.4, -0.2) is 25.7 Å². The molecule has 0 bridgehead atoms. The van der Waals surface area contributed by atoms with Gasteiger partial charge in [-0.3, -0.25) is 0 Å². The minimum absolute atomic E-state index is 0.0938.